The summed E-state index contributed by atoms with van der Waals surface area (Å²) in [7, 11) is 0. The van der Waals surface area contributed by atoms with E-state index in [0.717, 1.165) is 25.0 Å². The molecule has 0 atom stereocenters. The maximum atomic E-state index is 5.87. The van der Waals surface area contributed by atoms with Gasteiger partial charge >= 0.3 is 0 Å². The minimum Gasteiger partial charge on any atom is -0.381 e. The first-order valence-electron chi connectivity index (χ1n) is 17.7. The van der Waals surface area contributed by atoms with Crippen LogP contribution in [0.15, 0.2) is 0 Å². The molecule has 0 bridgehead atoms. The van der Waals surface area contributed by atoms with E-state index in [2.05, 4.69) is 27.7 Å². The lowest BCUT2D eigenvalue weighted by Crippen LogP contribution is -1.97. The van der Waals surface area contributed by atoms with Gasteiger partial charge in [0.2, 0.25) is 0 Å². The topological polar surface area (TPSA) is 9.23 Å². The van der Waals surface area contributed by atoms with E-state index in [0.29, 0.717) is 0 Å². The van der Waals surface area contributed by atoms with Crippen LogP contribution in [0.1, 0.15) is 207 Å². The molecule has 0 aliphatic heterocycles. The van der Waals surface area contributed by atoms with Gasteiger partial charge in [-0.15, -0.1) is 0 Å². The van der Waals surface area contributed by atoms with E-state index in [-0.39, 0.29) is 23.1 Å². The lowest BCUT2D eigenvalue weighted by atomic mass is 10.0. The molecular formula is C36H74MgO. The maximum absolute atomic E-state index is 5.87. The van der Waals surface area contributed by atoms with Crippen LogP contribution in [0.5, 0.6) is 0 Å². The minimum atomic E-state index is 0. The van der Waals surface area contributed by atoms with Crippen molar-refractivity contribution in [2.75, 3.05) is 13.2 Å². The van der Waals surface area contributed by atoms with Crippen LogP contribution >= 0.6 is 0 Å². The van der Waals surface area contributed by atoms with Gasteiger partial charge in [0, 0.05) is 36.3 Å². The Kier molecular flexibility index (Phi) is 38.4. The standard InChI is InChI=1S/C36H74O.Mg/c1-35(2)31-27-23-19-15-11-7-5-9-13-17-21-25-29-33-37-34-30-26-22-18-14-10-6-8-12-16-20-24-28-32-36(3)4;/h35-36H,5-34H2,1-4H3;. The summed E-state index contributed by atoms with van der Waals surface area (Å²) in [5.74, 6) is 1.78. The Morgan fingerprint density at radius 1 is 0.289 bits per heavy atom. The normalized spacial score (nSPS) is 11.5. The molecule has 0 spiro atoms. The zero-order valence-corrected chi connectivity index (χ0v) is 28.9. The van der Waals surface area contributed by atoms with E-state index in [9.17, 15) is 0 Å². The van der Waals surface area contributed by atoms with Crippen LogP contribution in [-0.2, 0) is 4.74 Å². The van der Waals surface area contributed by atoms with Crippen molar-refractivity contribution in [3.8, 4) is 0 Å². The summed E-state index contributed by atoms with van der Waals surface area (Å²) < 4.78 is 5.87. The van der Waals surface area contributed by atoms with Crippen LogP contribution < -0.4 is 0 Å². The molecule has 0 amide bonds. The van der Waals surface area contributed by atoms with Gasteiger partial charge in [0.15, 0.2) is 0 Å². The second-order valence-corrected chi connectivity index (χ2v) is 13.2. The third kappa shape index (κ3) is 38.9. The zero-order chi connectivity index (χ0) is 27.1. The van der Waals surface area contributed by atoms with Gasteiger partial charge in [0.25, 0.3) is 0 Å². The molecular weight excluding hydrogens is 473 g/mol. The fraction of sp³-hybridized carbons (Fsp3) is 1.00. The smallest absolute Gasteiger partial charge is 0.0466 e. The predicted molar refractivity (Wildman–Crippen MR) is 176 cm³/mol. The van der Waals surface area contributed by atoms with Gasteiger partial charge in [-0.2, -0.15) is 0 Å². The summed E-state index contributed by atoms with van der Waals surface area (Å²) in [5.41, 5.74) is 0. The summed E-state index contributed by atoms with van der Waals surface area (Å²) in [6, 6.07) is 0. The lowest BCUT2D eigenvalue weighted by molar-refractivity contribution is 0.125. The highest BCUT2D eigenvalue weighted by Gasteiger charge is 1.98. The zero-order valence-electron chi connectivity index (χ0n) is 27.5. The highest BCUT2D eigenvalue weighted by atomic mass is 24.3. The molecule has 0 aromatic heterocycles. The second-order valence-electron chi connectivity index (χ2n) is 13.2. The Morgan fingerprint density at radius 2 is 0.474 bits per heavy atom. The van der Waals surface area contributed by atoms with E-state index < -0.39 is 0 Å². The van der Waals surface area contributed by atoms with Crippen molar-refractivity contribution in [2.45, 2.75) is 207 Å². The Hall–Kier alpha value is 0.726. The van der Waals surface area contributed by atoms with Gasteiger partial charge in [0.05, 0.1) is 0 Å². The van der Waals surface area contributed by atoms with Crippen LogP contribution in [0.3, 0.4) is 0 Å². The highest BCUT2D eigenvalue weighted by Crippen LogP contribution is 2.16. The molecule has 0 aromatic rings. The van der Waals surface area contributed by atoms with Gasteiger partial charge < -0.3 is 4.74 Å². The van der Waals surface area contributed by atoms with Crippen LogP contribution in [0.25, 0.3) is 0 Å². The van der Waals surface area contributed by atoms with Crippen molar-refractivity contribution in [2.24, 2.45) is 11.8 Å². The molecule has 0 aliphatic carbocycles. The lowest BCUT2D eigenvalue weighted by Gasteiger charge is -2.06. The van der Waals surface area contributed by atoms with Gasteiger partial charge in [-0.3, -0.25) is 0 Å². The molecule has 2 heteroatoms. The number of ether oxygens (including phenoxy) is 1. The summed E-state index contributed by atoms with van der Waals surface area (Å²) in [4.78, 5) is 0. The van der Waals surface area contributed by atoms with Crippen LogP contribution in [0, 0.1) is 11.8 Å². The van der Waals surface area contributed by atoms with Gasteiger partial charge in [-0.05, 0) is 24.7 Å². The number of hydrogen-bond acceptors (Lipinski definition) is 1. The first-order chi connectivity index (χ1) is 18.1. The number of unbranched alkanes of at least 4 members (excludes halogenated alkanes) is 24. The van der Waals surface area contributed by atoms with Crippen molar-refractivity contribution in [1.82, 2.24) is 0 Å². The average molecular weight is 547 g/mol. The largest absolute Gasteiger partial charge is 0.381 e. The number of hydrogen-bond donors (Lipinski definition) is 0. The summed E-state index contributed by atoms with van der Waals surface area (Å²) in [6.07, 6.45) is 40.2. The van der Waals surface area contributed by atoms with Gasteiger partial charge in [-0.1, -0.05) is 195 Å². The first-order valence-corrected chi connectivity index (χ1v) is 17.7. The molecule has 0 fully saturated rings. The Labute approximate surface area is 259 Å². The van der Waals surface area contributed by atoms with E-state index in [4.69, 9.17) is 4.74 Å². The minimum absolute atomic E-state index is 0. The van der Waals surface area contributed by atoms with Crippen LogP contribution in [0.4, 0.5) is 0 Å². The molecule has 0 saturated carbocycles. The average Bonchev–Trinajstić information content (AvgIpc) is 2.87. The van der Waals surface area contributed by atoms with Crippen molar-refractivity contribution < 1.29 is 4.74 Å². The molecule has 0 aromatic carbocycles. The Morgan fingerprint density at radius 3 is 0.684 bits per heavy atom. The van der Waals surface area contributed by atoms with Gasteiger partial charge in [0.1, 0.15) is 0 Å². The predicted octanol–water partition coefficient (Wildman–Crippen LogP) is 12.9. The highest BCUT2D eigenvalue weighted by molar-refractivity contribution is 5.75. The molecule has 0 rings (SSSR count). The van der Waals surface area contributed by atoms with Crippen molar-refractivity contribution in [3.05, 3.63) is 0 Å². The molecule has 38 heavy (non-hydrogen) atoms. The molecule has 0 N–H and O–H groups in total. The van der Waals surface area contributed by atoms with E-state index in [1.807, 2.05) is 0 Å². The monoisotopic (exact) mass is 547 g/mol. The Bertz CT molecular complexity index is 359. The van der Waals surface area contributed by atoms with Crippen molar-refractivity contribution in [3.63, 3.8) is 0 Å². The van der Waals surface area contributed by atoms with Crippen molar-refractivity contribution in [1.29, 1.82) is 0 Å². The first kappa shape index (κ1) is 40.9. The van der Waals surface area contributed by atoms with Crippen LogP contribution in [0.2, 0.25) is 0 Å². The quantitative estimate of drug-likeness (QED) is 0.0601. The van der Waals surface area contributed by atoms with Crippen LogP contribution in [-0.4, -0.2) is 36.3 Å². The fourth-order valence-corrected chi connectivity index (χ4v) is 5.50. The molecule has 226 valence electrons. The molecule has 0 heterocycles. The third-order valence-corrected chi connectivity index (χ3v) is 8.14. The number of rotatable bonds is 32. The van der Waals surface area contributed by atoms with E-state index >= 15 is 0 Å². The van der Waals surface area contributed by atoms with E-state index in [1.165, 1.54) is 180 Å². The van der Waals surface area contributed by atoms with E-state index in [1.54, 1.807) is 0 Å². The fourth-order valence-electron chi connectivity index (χ4n) is 5.50. The summed E-state index contributed by atoms with van der Waals surface area (Å²) in [6.45, 7) is 11.4. The summed E-state index contributed by atoms with van der Waals surface area (Å²) >= 11 is 0. The molecule has 0 unspecified atom stereocenters. The maximum Gasteiger partial charge on any atom is 0.0466 e. The third-order valence-electron chi connectivity index (χ3n) is 8.14. The van der Waals surface area contributed by atoms with Crippen molar-refractivity contribution >= 4 is 23.1 Å². The molecule has 2 radical (unpaired) electrons. The molecule has 1 nitrogen and oxygen atoms in total. The molecule has 0 saturated heterocycles. The summed E-state index contributed by atoms with van der Waals surface area (Å²) in [5, 5.41) is 0. The molecule has 0 aliphatic rings. The Balaban J connectivity index is 0. The van der Waals surface area contributed by atoms with Gasteiger partial charge in [-0.25, -0.2) is 0 Å². The second kappa shape index (κ2) is 35.8. The SMILES string of the molecule is CC(C)CCCCCCCCCCCCCCCOCCCCCCCCCCCCCCCC(C)C.[Mg].